The fraction of sp³-hybridized carbons (Fsp3) is 0. The van der Waals surface area contributed by atoms with Crippen LogP contribution in [0.3, 0.4) is 0 Å². The first-order valence-electron chi connectivity index (χ1n) is 18.4. The molecule has 6 heteroatoms. The molecule has 0 saturated heterocycles. The van der Waals surface area contributed by atoms with E-state index in [1.54, 1.807) is 0 Å². The first-order chi connectivity index (χ1) is 27.7. The summed E-state index contributed by atoms with van der Waals surface area (Å²) >= 11 is 0. The van der Waals surface area contributed by atoms with Gasteiger partial charge < -0.3 is 18.0 Å². The van der Waals surface area contributed by atoms with Gasteiger partial charge in [-0.3, -0.25) is 0 Å². The van der Waals surface area contributed by atoms with E-state index in [0.29, 0.717) is 11.3 Å². The van der Waals surface area contributed by atoms with E-state index in [1.807, 2.05) is 66.7 Å². The maximum absolute atomic E-state index is 10.6. The molecule has 0 amide bonds. The molecule has 0 N–H and O–H groups in total. The second kappa shape index (κ2) is 11.2. The van der Waals surface area contributed by atoms with Crippen LogP contribution >= 0.6 is 0 Å². The molecular formula is C50H26N4O2. The zero-order valence-electron chi connectivity index (χ0n) is 29.6. The minimum atomic E-state index is 0.571. The van der Waals surface area contributed by atoms with E-state index >= 15 is 0 Å². The summed E-state index contributed by atoms with van der Waals surface area (Å²) in [7, 11) is 0. The second-order valence-corrected chi connectivity index (χ2v) is 14.3. The fourth-order valence-corrected chi connectivity index (χ4v) is 8.98. The summed E-state index contributed by atoms with van der Waals surface area (Å²) in [4.78, 5) is 3.75. The summed E-state index contributed by atoms with van der Waals surface area (Å²) in [5.74, 6) is 0. The Balaban J connectivity index is 1.00. The number of hydrogen-bond donors (Lipinski definition) is 0. The normalized spacial score (nSPS) is 11.9. The largest absolute Gasteiger partial charge is 0.456 e. The van der Waals surface area contributed by atoms with Crippen molar-refractivity contribution in [2.75, 3.05) is 0 Å². The van der Waals surface area contributed by atoms with Crippen LogP contribution in [0.25, 0.3) is 115 Å². The van der Waals surface area contributed by atoms with E-state index in [1.165, 1.54) is 0 Å². The molecule has 56 heavy (non-hydrogen) atoms. The van der Waals surface area contributed by atoms with Gasteiger partial charge in [-0.2, -0.15) is 5.26 Å². The highest BCUT2D eigenvalue weighted by atomic mass is 16.3. The molecule has 12 aromatic rings. The lowest BCUT2D eigenvalue weighted by Crippen LogP contribution is -1.97. The molecule has 6 nitrogen and oxygen atoms in total. The molecule has 0 spiro atoms. The number of nitriles is 1. The zero-order valence-corrected chi connectivity index (χ0v) is 29.6. The van der Waals surface area contributed by atoms with E-state index in [0.717, 1.165) is 110 Å². The summed E-state index contributed by atoms with van der Waals surface area (Å²) in [6.45, 7) is 7.75. The summed E-state index contributed by atoms with van der Waals surface area (Å²) in [5, 5.41) is 19.1. The molecule has 0 atom stereocenters. The smallest absolute Gasteiger partial charge is 0.188 e. The van der Waals surface area contributed by atoms with Crippen molar-refractivity contribution in [3.63, 3.8) is 0 Å². The first-order valence-corrected chi connectivity index (χ1v) is 18.4. The van der Waals surface area contributed by atoms with Crippen molar-refractivity contribution in [3.05, 3.63) is 175 Å². The molecule has 0 fully saturated rings. The average molecular weight is 715 g/mol. The Hall–Kier alpha value is -8.06. The van der Waals surface area contributed by atoms with Crippen molar-refractivity contribution < 1.29 is 8.83 Å². The Labute approximate surface area is 318 Å². The van der Waals surface area contributed by atoms with Crippen LogP contribution in [0, 0.1) is 17.9 Å². The molecule has 258 valence electrons. The Morgan fingerprint density at radius 3 is 1.96 bits per heavy atom. The van der Waals surface area contributed by atoms with E-state index in [-0.39, 0.29) is 0 Å². The van der Waals surface area contributed by atoms with Gasteiger partial charge in [-0.05, 0) is 95.4 Å². The topological polar surface area (TPSA) is 64.3 Å². The van der Waals surface area contributed by atoms with Crippen molar-refractivity contribution in [2.24, 2.45) is 0 Å². The molecule has 4 aromatic heterocycles. The predicted octanol–water partition coefficient (Wildman–Crippen LogP) is 13.8. The Morgan fingerprint density at radius 2 is 1.14 bits per heavy atom. The van der Waals surface area contributed by atoms with Crippen molar-refractivity contribution >= 4 is 93.2 Å². The number of aromatic nitrogens is 2. The van der Waals surface area contributed by atoms with Gasteiger partial charge >= 0.3 is 0 Å². The van der Waals surface area contributed by atoms with E-state index < -0.39 is 0 Å². The highest BCUT2D eigenvalue weighted by molar-refractivity contribution is 6.28. The quantitative estimate of drug-likeness (QED) is 0.171. The minimum Gasteiger partial charge on any atom is -0.456 e. The monoisotopic (exact) mass is 714 g/mol. The second-order valence-electron chi connectivity index (χ2n) is 14.3. The molecular weight excluding hydrogens is 689 g/mol. The van der Waals surface area contributed by atoms with Crippen molar-refractivity contribution in [2.45, 2.75) is 0 Å². The molecule has 0 unspecified atom stereocenters. The lowest BCUT2D eigenvalue weighted by molar-refractivity contribution is 0.669. The van der Waals surface area contributed by atoms with Crippen LogP contribution in [0.5, 0.6) is 0 Å². The van der Waals surface area contributed by atoms with Crippen LogP contribution in [0.4, 0.5) is 5.69 Å². The lowest BCUT2D eigenvalue weighted by atomic mass is 9.99. The van der Waals surface area contributed by atoms with E-state index in [2.05, 4.69) is 111 Å². The zero-order chi connectivity index (χ0) is 37.1. The van der Waals surface area contributed by atoms with E-state index in [9.17, 15) is 5.26 Å². The van der Waals surface area contributed by atoms with E-state index in [4.69, 9.17) is 15.4 Å². The molecule has 0 bridgehead atoms. The highest BCUT2D eigenvalue weighted by Gasteiger charge is 2.21. The molecule has 8 aromatic carbocycles. The van der Waals surface area contributed by atoms with Gasteiger partial charge in [-0.1, -0.05) is 78.9 Å². The summed E-state index contributed by atoms with van der Waals surface area (Å²) in [6, 6.07) is 56.0. The van der Waals surface area contributed by atoms with Gasteiger partial charge in [-0.25, -0.2) is 4.85 Å². The third-order valence-electron chi connectivity index (χ3n) is 11.4. The number of rotatable bonds is 3. The minimum absolute atomic E-state index is 0.571. The number of para-hydroxylation sites is 3. The maximum Gasteiger partial charge on any atom is 0.188 e. The van der Waals surface area contributed by atoms with Crippen molar-refractivity contribution in [1.82, 2.24) is 9.13 Å². The van der Waals surface area contributed by atoms with Crippen LogP contribution in [0.15, 0.2) is 167 Å². The third kappa shape index (κ3) is 4.07. The molecule has 0 aliphatic heterocycles. The number of nitrogens with zero attached hydrogens (tertiary/aromatic N) is 4. The van der Waals surface area contributed by atoms with Crippen LogP contribution in [0.1, 0.15) is 5.56 Å². The van der Waals surface area contributed by atoms with Gasteiger partial charge in [0.25, 0.3) is 0 Å². The van der Waals surface area contributed by atoms with Gasteiger partial charge in [0, 0.05) is 43.7 Å². The third-order valence-corrected chi connectivity index (χ3v) is 11.4. The van der Waals surface area contributed by atoms with Crippen molar-refractivity contribution in [3.8, 4) is 28.6 Å². The number of benzene rings is 8. The fourth-order valence-electron chi connectivity index (χ4n) is 8.98. The molecule has 0 aliphatic rings. The molecule has 0 radical (unpaired) electrons. The number of furan rings is 2. The summed E-state index contributed by atoms with van der Waals surface area (Å²) in [5.41, 5.74) is 12.3. The summed E-state index contributed by atoms with van der Waals surface area (Å²) in [6.07, 6.45) is 0. The standard InChI is InChI=1S/C50H26N4O2/c1-52-31-16-22-41-39(27-31)47-42(24-25-46-49(47)38-10-4-7-13-45(38)55-46)54(41)33-19-20-34(30(26-33)28-51)29-14-17-32(18-15-29)53-40-11-5-2-9-37(40)48-43(53)23-21-36-35-8-3-6-12-44(35)56-50(36)48/h2-27H. The number of hydrogen-bond acceptors (Lipinski definition) is 3. The molecule has 12 rings (SSSR count). The lowest BCUT2D eigenvalue weighted by Gasteiger charge is -2.13. The Kier molecular flexibility index (Phi) is 6.10. The van der Waals surface area contributed by atoms with Crippen LogP contribution in [-0.4, -0.2) is 9.13 Å². The SMILES string of the molecule is [C-]#[N+]c1ccc2c(c1)c1c3c(ccc1n2-c1ccc(-c2ccc(-n4c5ccccc5c5c6oc7ccccc7c6ccc54)cc2)c(C#N)c1)oc1ccccc13. The van der Waals surface area contributed by atoms with Crippen LogP contribution < -0.4 is 0 Å². The average Bonchev–Trinajstić information content (AvgIpc) is 4.00. The Morgan fingerprint density at radius 1 is 0.482 bits per heavy atom. The Bertz CT molecular complexity index is 3730. The van der Waals surface area contributed by atoms with Gasteiger partial charge in [0.1, 0.15) is 22.3 Å². The van der Waals surface area contributed by atoms with Crippen molar-refractivity contribution in [1.29, 1.82) is 5.26 Å². The molecule has 0 aliphatic carbocycles. The first kappa shape index (κ1) is 30.4. The predicted molar refractivity (Wildman–Crippen MR) is 226 cm³/mol. The summed E-state index contributed by atoms with van der Waals surface area (Å²) < 4.78 is 17.2. The molecule has 0 saturated carbocycles. The van der Waals surface area contributed by atoms with Gasteiger partial charge in [0.2, 0.25) is 0 Å². The highest BCUT2D eigenvalue weighted by Crippen LogP contribution is 2.44. The van der Waals surface area contributed by atoms with Gasteiger partial charge in [0.05, 0.1) is 45.7 Å². The molecule has 4 heterocycles. The maximum atomic E-state index is 10.6. The van der Waals surface area contributed by atoms with Crippen LogP contribution in [-0.2, 0) is 0 Å². The van der Waals surface area contributed by atoms with Gasteiger partial charge in [-0.15, -0.1) is 0 Å². The van der Waals surface area contributed by atoms with Gasteiger partial charge in [0.15, 0.2) is 5.69 Å². The van der Waals surface area contributed by atoms with Crippen LogP contribution in [0.2, 0.25) is 0 Å². The number of fused-ring (bicyclic) bond motifs is 14.